The van der Waals surface area contributed by atoms with Crippen LogP contribution < -0.4 is 15.8 Å². The summed E-state index contributed by atoms with van der Waals surface area (Å²) in [5.74, 6) is 0.0296. The average Bonchev–Trinajstić information content (AvgIpc) is 2.66. The normalized spacial score (nSPS) is 11.1. The van der Waals surface area contributed by atoms with Gasteiger partial charge in [0, 0.05) is 29.6 Å². The summed E-state index contributed by atoms with van der Waals surface area (Å²) in [6.45, 7) is 0. The third kappa shape index (κ3) is 5.49. The number of rotatable bonds is 8. The lowest BCUT2D eigenvalue weighted by atomic mass is 10.2. The van der Waals surface area contributed by atoms with Crippen molar-refractivity contribution < 1.29 is 14.5 Å². The minimum atomic E-state index is -0.866. The molecule has 0 aliphatic heterocycles. The molecule has 0 aliphatic rings. The zero-order valence-corrected chi connectivity index (χ0v) is 15.2. The summed E-state index contributed by atoms with van der Waals surface area (Å²) in [7, 11) is 1.52. The van der Waals surface area contributed by atoms with Gasteiger partial charge in [0.1, 0.15) is 17.4 Å². The number of carbonyl (C=O) groups is 1. The number of amides is 1. The number of nitrogens with zero attached hydrogens (tertiary/aromatic N) is 2. The monoisotopic (exact) mass is 384 g/mol. The first-order valence-corrected chi connectivity index (χ1v) is 8.64. The Labute approximate surface area is 159 Å². The lowest BCUT2D eigenvalue weighted by Crippen LogP contribution is -2.16. The largest absolute Gasteiger partial charge is 0.497 e. The molecule has 0 atom stereocenters. The molecule has 0 aliphatic carbocycles. The molecule has 2 aromatic rings. The van der Waals surface area contributed by atoms with Gasteiger partial charge in [-0.15, -0.1) is 11.8 Å². The molecule has 0 unspecified atom stereocenters. The van der Waals surface area contributed by atoms with Gasteiger partial charge in [-0.2, -0.15) is 5.26 Å². The average molecular weight is 384 g/mol. The van der Waals surface area contributed by atoms with Gasteiger partial charge in [0.2, 0.25) is 0 Å². The lowest BCUT2D eigenvalue weighted by molar-refractivity contribution is -0.384. The lowest BCUT2D eigenvalue weighted by Gasteiger charge is -2.13. The van der Waals surface area contributed by atoms with Crippen LogP contribution >= 0.6 is 11.8 Å². The van der Waals surface area contributed by atoms with Crippen LogP contribution in [0.1, 0.15) is 5.56 Å². The van der Waals surface area contributed by atoms with E-state index in [0.29, 0.717) is 22.8 Å². The second-order valence-corrected chi connectivity index (χ2v) is 6.24. The van der Waals surface area contributed by atoms with Crippen molar-refractivity contribution >= 4 is 29.0 Å². The number of thioether (sulfide) groups is 1. The summed E-state index contributed by atoms with van der Waals surface area (Å²) in [4.78, 5) is 22.0. The van der Waals surface area contributed by atoms with Gasteiger partial charge >= 0.3 is 0 Å². The number of nitriles is 1. The number of hydrogen-bond acceptors (Lipinski definition) is 7. The summed E-state index contributed by atoms with van der Waals surface area (Å²) in [6.07, 6.45) is 0. The molecule has 27 heavy (non-hydrogen) atoms. The number of ether oxygens (including phenoxy) is 1. The maximum atomic E-state index is 11.6. The molecule has 2 rings (SSSR count). The van der Waals surface area contributed by atoms with E-state index in [0.717, 1.165) is 11.8 Å². The molecule has 0 saturated heterocycles. The first kappa shape index (κ1) is 19.8. The number of carbonyl (C=O) groups excluding carboxylic acids is 1. The van der Waals surface area contributed by atoms with Crippen molar-refractivity contribution in [2.45, 2.75) is 5.75 Å². The van der Waals surface area contributed by atoms with Crippen LogP contribution in [0.3, 0.4) is 0 Å². The number of non-ortho nitro benzene ring substituents is 1. The van der Waals surface area contributed by atoms with E-state index in [2.05, 4.69) is 5.32 Å². The SMILES string of the molecule is COc1cccc(NC(SCc2cccc([N+](=O)[O-])c2)=C(C#N)C(N)=O)c1. The van der Waals surface area contributed by atoms with E-state index in [1.807, 2.05) is 0 Å². The van der Waals surface area contributed by atoms with Gasteiger partial charge in [0.05, 0.1) is 17.1 Å². The molecule has 0 radical (unpaired) electrons. The van der Waals surface area contributed by atoms with E-state index in [9.17, 15) is 20.2 Å². The number of benzene rings is 2. The predicted molar refractivity (Wildman–Crippen MR) is 103 cm³/mol. The van der Waals surface area contributed by atoms with Gasteiger partial charge < -0.3 is 15.8 Å². The standard InChI is InChI=1S/C18H16N4O4S/c1-26-15-7-3-5-13(9-15)21-18(16(10-19)17(20)23)27-11-12-4-2-6-14(8-12)22(24)25/h2-9,21H,11H2,1H3,(H2,20,23). The van der Waals surface area contributed by atoms with Crippen molar-refractivity contribution in [1.82, 2.24) is 0 Å². The second-order valence-electron chi connectivity index (χ2n) is 5.25. The van der Waals surface area contributed by atoms with E-state index >= 15 is 0 Å². The Morgan fingerprint density at radius 3 is 2.70 bits per heavy atom. The van der Waals surface area contributed by atoms with Crippen LogP contribution in [0.2, 0.25) is 0 Å². The molecule has 0 saturated carbocycles. The number of nitrogens with one attached hydrogen (secondary N) is 1. The van der Waals surface area contributed by atoms with Crippen LogP contribution in [0.4, 0.5) is 11.4 Å². The number of nitrogens with two attached hydrogens (primary N) is 1. The van der Waals surface area contributed by atoms with Crippen LogP contribution in [0.15, 0.2) is 59.1 Å². The van der Waals surface area contributed by atoms with E-state index in [1.165, 1.54) is 19.2 Å². The number of anilines is 1. The predicted octanol–water partition coefficient (Wildman–Crippen LogP) is 3.17. The van der Waals surface area contributed by atoms with Gasteiger partial charge in [-0.3, -0.25) is 14.9 Å². The minimum absolute atomic E-state index is 0.0326. The highest BCUT2D eigenvalue weighted by atomic mass is 32.2. The van der Waals surface area contributed by atoms with Gasteiger partial charge in [0.15, 0.2) is 0 Å². The van der Waals surface area contributed by atoms with E-state index < -0.39 is 10.8 Å². The molecule has 0 bridgehead atoms. The Balaban J connectivity index is 2.28. The van der Waals surface area contributed by atoms with Gasteiger partial charge in [0.25, 0.3) is 11.6 Å². The molecule has 0 spiro atoms. The molecule has 8 nitrogen and oxygen atoms in total. The zero-order chi connectivity index (χ0) is 19.8. The van der Waals surface area contributed by atoms with Crippen LogP contribution in [-0.4, -0.2) is 17.9 Å². The van der Waals surface area contributed by atoms with Gasteiger partial charge in [-0.1, -0.05) is 18.2 Å². The maximum absolute atomic E-state index is 11.6. The third-order valence-electron chi connectivity index (χ3n) is 3.42. The van der Waals surface area contributed by atoms with Gasteiger partial charge in [-0.05, 0) is 17.7 Å². The van der Waals surface area contributed by atoms with E-state index in [-0.39, 0.29) is 16.3 Å². The van der Waals surface area contributed by atoms with Crippen LogP contribution in [-0.2, 0) is 10.5 Å². The molecular weight excluding hydrogens is 368 g/mol. The molecule has 9 heteroatoms. The summed E-state index contributed by atoms with van der Waals surface area (Å²) in [5.41, 5.74) is 6.31. The fraction of sp³-hybridized carbons (Fsp3) is 0.111. The maximum Gasteiger partial charge on any atom is 0.269 e. The number of nitro groups is 1. The summed E-state index contributed by atoms with van der Waals surface area (Å²) >= 11 is 1.15. The van der Waals surface area contributed by atoms with E-state index in [4.69, 9.17) is 10.5 Å². The Kier molecular flexibility index (Phi) is 6.79. The van der Waals surface area contributed by atoms with Crippen molar-refractivity contribution in [1.29, 1.82) is 5.26 Å². The van der Waals surface area contributed by atoms with Crippen molar-refractivity contribution in [3.63, 3.8) is 0 Å². The molecule has 2 aromatic carbocycles. The Morgan fingerprint density at radius 2 is 2.07 bits per heavy atom. The van der Waals surface area contributed by atoms with Crippen LogP contribution in [0.5, 0.6) is 5.75 Å². The van der Waals surface area contributed by atoms with Crippen LogP contribution in [0, 0.1) is 21.4 Å². The Bertz CT molecular complexity index is 937. The van der Waals surface area contributed by atoms with Crippen molar-refractivity contribution in [3.05, 3.63) is 74.8 Å². The summed E-state index contributed by atoms with van der Waals surface area (Å²) in [6, 6.07) is 14.9. The van der Waals surface area contributed by atoms with Crippen molar-refractivity contribution in [2.75, 3.05) is 12.4 Å². The third-order valence-corrected chi connectivity index (χ3v) is 4.49. The second kappa shape index (κ2) is 9.26. The van der Waals surface area contributed by atoms with Crippen molar-refractivity contribution in [2.24, 2.45) is 5.73 Å². The Hall–Kier alpha value is -3.51. The number of hydrogen-bond donors (Lipinski definition) is 2. The highest BCUT2D eigenvalue weighted by Crippen LogP contribution is 2.28. The van der Waals surface area contributed by atoms with Crippen LogP contribution in [0.25, 0.3) is 0 Å². The molecular formula is C18H16N4O4S. The fourth-order valence-corrected chi connectivity index (χ4v) is 3.11. The highest BCUT2D eigenvalue weighted by Gasteiger charge is 2.15. The summed E-state index contributed by atoms with van der Waals surface area (Å²) < 4.78 is 5.15. The highest BCUT2D eigenvalue weighted by molar-refractivity contribution is 8.02. The molecule has 138 valence electrons. The first-order chi connectivity index (χ1) is 12.9. The number of nitro benzene ring substituents is 1. The molecule has 1 amide bonds. The molecule has 0 heterocycles. The molecule has 3 N–H and O–H groups in total. The molecule has 0 aromatic heterocycles. The number of primary amides is 1. The smallest absolute Gasteiger partial charge is 0.269 e. The number of methoxy groups -OCH3 is 1. The summed E-state index contributed by atoms with van der Waals surface area (Å²) in [5, 5.41) is 23.4. The minimum Gasteiger partial charge on any atom is -0.497 e. The zero-order valence-electron chi connectivity index (χ0n) is 14.3. The van der Waals surface area contributed by atoms with E-state index in [1.54, 1.807) is 42.5 Å². The fourth-order valence-electron chi connectivity index (χ4n) is 2.14. The molecule has 0 fully saturated rings. The quantitative estimate of drug-likeness (QED) is 0.309. The first-order valence-electron chi connectivity index (χ1n) is 7.66. The van der Waals surface area contributed by atoms with Crippen molar-refractivity contribution in [3.8, 4) is 11.8 Å². The topological polar surface area (TPSA) is 131 Å². The van der Waals surface area contributed by atoms with Gasteiger partial charge in [-0.25, -0.2) is 0 Å². The Morgan fingerprint density at radius 1 is 1.33 bits per heavy atom.